The van der Waals surface area contributed by atoms with Crippen molar-refractivity contribution >= 4 is 17.8 Å². The van der Waals surface area contributed by atoms with E-state index in [-0.39, 0.29) is 23.9 Å². The molecule has 62 heavy (non-hydrogen) atoms. The van der Waals surface area contributed by atoms with Gasteiger partial charge in [-0.25, -0.2) is 0 Å². The Hall–Kier alpha value is -2.39. The number of amides is 1. The summed E-state index contributed by atoms with van der Waals surface area (Å²) in [5.74, 6) is -0.226. The Morgan fingerprint density at radius 3 is 1.60 bits per heavy atom. The number of hydrogen-bond donors (Lipinski definition) is 2. The molecular weight excluding hydrogens is 777 g/mol. The zero-order chi connectivity index (χ0) is 45.0. The molecule has 1 rings (SSSR count). The molecule has 0 radical (unpaired) electrons. The minimum atomic E-state index is -0.424. The third kappa shape index (κ3) is 37.0. The molecule has 0 aliphatic heterocycles. The SMILES string of the molecule is CCCCCCCCCCCOC(=O)CCCCCN(CCCCCCCC(=O)OC(CCCCCCCC)CCCCCCCC)CC(O)CCCCNC(=O)c1ccoc1. The van der Waals surface area contributed by atoms with Gasteiger partial charge in [-0.15, -0.1) is 0 Å². The molecule has 1 heterocycles. The quantitative estimate of drug-likeness (QED) is 0.0491. The maximum absolute atomic E-state index is 12.9. The van der Waals surface area contributed by atoms with Crippen LogP contribution in [0.2, 0.25) is 0 Å². The topological polar surface area (TPSA) is 118 Å². The number of aliphatic hydroxyl groups excluding tert-OH is 1. The second-order valence-electron chi connectivity index (χ2n) is 18.3. The molecule has 9 nitrogen and oxygen atoms in total. The molecule has 1 atom stereocenters. The van der Waals surface area contributed by atoms with Gasteiger partial charge in [0.1, 0.15) is 12.4 Å². The first-order valence-corrected chi connectivity index (χ1v) is 26.4. The number of aliphatic hydroxyl groups is 1. The highest BCUT2D eigenvalue weighted by Crippen LogP contribution is 2.19. The number of ether oxygens (including phenoxy) is 2. The van der Waals surface area contributed by atoms with Crippen LogP contribution in [0.4, 0.5) is 0 Å². The van der Waals surface area contributed by atoms with Crippen LogP contribution in [0.1, 0.15) is 262 Å². The van der Waals surface area contributed by atoms with Gasteiger partial charge in [-0.1, -0.05) is 162 Å². The molecule has 2 N–H and O–H groups in total. The zero-order valence-electron chi connectivity index (χ0n) is 40.7. The van der Waals surface area contributed by atoms with E-state index in [1.807, 2.05) is 0 Å². The lowest BCUT2D eigenvalue weighted by Gasteiger charge is -2.25. The smallest absolute Gasteiger partial charge is 0.306 e. The highest BCUT2D eigenvalue weighted by molar-refractivity contribution is 5.93. The Balaban J connectivity index is 2.39. The van der Waals surface area contributed by atoms with Crippen molar-refractivity contribution in [3.05, 3.63) is 24.2 Å². The Morgan fingerprint density at radius 1 is 0.581 bits per heavy atom. The lowest BCUT2D eigenvalue weighted by molar-refractivity contribution is -0.150. The number of carbonyl (C=O) groups is 3. The summed E-state index contributed by atoms with van der Waals surface area (Å²) in [5, 5.41) is 13.9. The molecule has 0 aromatic carbocycles. The highest BCUT2D eigenvalue weighted by atomic mass is 16.5. The third-order valence-corrected chi connectivity index (χ3v) is 12.3. The van der Waals surface area contributed by atoms with Gasteiger partial charge >= 0.3 is 11.9 Å². The normalized spacial score (nSPS) is 12.0. The zero-order valence-corrected chi connectivity index (χ0v) is 40.7. The van der Waals surface area contributed by atoms with Crippen molar-refractivity contribution < 1.29 is 33.4 Å². The lowest BCUT2D eigenvalue weighted by Crippen LogP contribution is -2.34. The Kier molecular flexibility index (Phi) is 40.7. The number of furan rings is 1. The van der Waals surface area contributed by atoms with Crippen molar-refractivity contribution in [1.82, 2.24) is 10.2 Å². The molecule has 1 aromatic heterocycles. The predicted molar refractivity (Wildman–Crippen MR) is 258 cm³/mol. The monoisotopic (exact) mass is 875 g/mol. The summed E-state index contributed by atoms with van der Waals surface area (Å²) in [6, 6.07) is 1.65. The Bertz CT molecular complexity index is 1110. The molecule has 0 saturated carbocycles. The first-order valence-electron chi connectivity index (χ1n) is 26.4. The van der Waals surface area contributed by atoms with Crippen LogP contribution >= 0.6 is 0 Å². The maximum atomic E-state index is 12.9. The summed E-state index contributed by atoms with van der Waals surface area (Å²) in [4.78, 5) is 39.8. The summed E-state index contributed by atoms with van der Waals surface area (Å²) >= 11 is 0. The van der Waals surface area contributed by atoms with Crippen LogP contribution < -0.4 is 5.32 Å². The number of rotatable bonds is 47. The summed E-state index contributed by atoms with van der Waals surface area (Å²) in [6.45, 7) is 10.3. The van der Waals surface area contributed by atoms with Crippen LogP contribution in [0.5, 0.6) is 0 Å². The fourth-order valence-electron chi connectivity index (χ4n) is 8.29. The van der Waals surface area contributed by atoms with E-state index < -0.39 is 6.10 Å². The molecule has 1 unspecified atom stereocenters. The van der Waals surface area contributed by atoms with Crippen molar-refractivity contribution in [3.63, 3.8) is 0 Å². The summed E-state index contributed by atoms with van der Waals surface area (Å²) in [5.41, 5.74) is 0.524. The molecule has 0 aliphatic carbocycles. The van der Waals surface area contributed by atoms with Crippen LogP contribution in [0.3, 0.4) is 0 Å². The van der Waals surface area contributed by atoms with Gasteiger partial charge < -0.3 is 29.2 Å². The van der Waals surface area contributed by atoms with Gasteiger partial charge in [0.25, 0.3) is 5.91 Å². The molecule has 0 spiro atoms. The van der Waals surface area contributed by atoms with Crippen LogP contribution in [0.25, 0.3) is 0 Å². The number of carbonyl (C=O) groups excluding carboxylic acids is 3. The van der Waals surface area contributed by atoms with Crippen molar-refractivity contribution in [1.29, 1.82) is 0 Å². The summed E-state index contributed by atoms with van der Waals surface area (Å²) in [6.07, 6.45) is 42.3. The Morgan fingerprint density at radius 2 is 1.05 bits per heavy atom. The molecule has 0 bridgehead atoms. The van der Waals surface area contributed by atoms with Gasteiger partial charge in [-0.05, 0) is 96.2 Å². The molecule has 0 saturated heterocycles. The number of esters is 2. The minimum Gasteiger partial charge on any atom is -0.472 e. The first-order chi connectivity index (χ1) is 30.4. The molecule has 0 fully saturated rings. The van der Waals surface area contributed by atoms with Gasteiger partial charge in [0.15, 0.2) is 0 Å². The van der Waals surface area contributed by atoms with Crippen LogP contribution in [-0.2, 0) is 19.1 Å². The summed E-state index contributed by atoms with van der Waals surface area (Å²) < 4.78 is 16.6. The van der Waals surface area contributed by atoms with E-state index in [0.29, 0.717) is 44.5 Å². The predicted octanol–water partition coefficient (Wildman–Crippen LogP) is 14.2. The van der Waals surface area contributed by atoms with E-state index in [0.717, 1.165) is 116 Å². The molecular formula is C53H98N2O7. The fourth-order valence-corrected chi connectivity index (χ4v) is 8.29. The second-order valence-corrected chi connectivity index (χ2v) is 18.3. The van der Waals surface area contributed by atoms with Crippen molar-refractivity contribution in [2.24, 2.45) is 0 Å². The van der Waals surface area contributed by atoms with Gasteiger partial charge in [-0.2, -0.15) is 0 Å². The number of nitrogens with zero attached hydrogens (tertiary/aromatic N) is 1. The maximum Gasteiger partial charge on any atom is 0.306 e. The van der Waals surface area contributed by atoms with Crippen molar-refractivity contribution in [3.8, 4) is 0 Å². The molecule has 0 aliphatic rings. The number of nitrogens with one attached hydrogen (secondary N) is 1. The molecule has 1 aromatic rings. The van der Waals surface area contributed by atoms with Crippen molar-refractivity contribution in [2.45, 2.75) is 264 Å². The second kappa shape index (κ2) is 43.8. The van der Waals surface area contributed by atoms with Crippen LogP contribution in [0.15, 0.2) is 23.0 Å². The van der Waals surface area contributed by atoms with E-state index in [1.54, 1.807) is 6.07 Å². The lowest BCUT2D eigenvalue weighted by atomic mass is 10.0. The van der Waals surface area contributed by atoms with E-state index in [9.17, 15) is 19.5 Å². The van der Waals surface area contributed by atoms with Crippen molar-refractivity contribution in [2.75, 3.05) is 32.8 Å². The van der Waals surface area contributed by atoms with E-state index in [1.165, 1.54) is 122 Å². The third-order valence-electron chi connectivity index (χ3n) is 12.3. The minimum absolute atomic E-state index is 0.0143. The average Bonchev–Trinajstić information content (AvgIpc) is 3.81. The molecule has 1 amide bonds. The number of unbranched alkanes of at least 4 members (excludes halogenated alkanes) is 25. The van der Waals surface area contributed by atoms with Gasteiger partial charge in [0.2, 0.25) is 0 Å². The number of hydrogen-bond acceptors (Lipinski definition) is 8. The van der Waals surface area contributed by atoms with E-state index in [4.69, 9.17) is 13.9 Å². The van der Waals surface area contributed by atoms with E-state index >= 15 is 0 Å². The Labute approximate surface area is 381 Å². The van der Waals surface area contributed by atoms with Gasteiger partial charge in [-0.3, -0.25) is 14.4 Å². The first kappa shape index (κ1) is 57.6. The molecule has 362 valence electrons. The fraction of sp³-hybridized carbons (Fsp3) is 0.868. The largest absolute Gasteiger partial charge is 0.472 e. The van der Waals surface area contributed by atoms with Crippen LogP contribution in [-0.4, -0.2) is 72.8 Å². The highest BCUT2D eigenvalue weighted by Gasteiger charge is 2.16. The standard InChI is InChI=1S/C53H98N2O7/c1-4-7-10-13-16-17-18-24-34-44-61-51(57)38-29-25-33-43-55(46-49(56)35-30-31-41-54-53(59)48-40-45-60-47-48)42-32-23-19-22-28-39-52(58)62-50(36-26-20-14-11-8-5-2)37-27-21-15-12-9-6-3/h40,45,47,49-50,56H,4-39,41-44,46H2,1-3H3,(H,54,59). The molecule has 9 heteroatoms. The van der Waals surface area contributed by atoms with Crippen LogP contribution in [0, 0.1) is 0 Å². The van der Waals surface area contributed by atoms with Gasteiger partial charge in [0.05, 0.1) is 24.5 Å². The van der Waals surface area contributed by atoms with E-state index in [2.05, 4.69) is 31.0 Å². The average molecular weight is 875 g/mol. The summed E-state index contributed by atoms with van der Waals surface area (Å²) in [7, 11) is 0. The van der Waals surface area contributed by atoms with Gasteiger partial charge in [0, 0.05) is 25.9 Å².